The van der Waals surface area contributed by atoms with Crippen LogP contribution in [0.4, 0.5) is 0 Å². The number of hydrogen-bond acceptors (Lipinski definition) is 8. The third kappa shape index (κ3) is 42.1. The van der Waals surface area contributed by atoms with E-state index in [-0.39, 0.29) is 12.5 Å². The third-order valence-electron chi connectivity index (χ3n) is 15.6. The Labute approximate surface area is 446 Å². The highest BCUT2D eigenvalue weighted by atomic mass is 16.7. The molecule has 9 heteroatoms. The number of amides is 1. The number of carbonyl (C=O) groups excluding carboxylic acids is 1. The second-order valence-corrected chi connectivity index (χ2v) is 22.6. The molecule has 428 valence electrons. The molecule has 7 atom stereocenters. The summed E-state index contributed by atoms with van der Waals surface area (Å²) in [4.78, 5) is 13.1. The van der Waals surface area contributed by atoms with E-state index < -0.39 is 49.5 Å². The molecule has 0 radical (unpaired) electrons. The normalized spacial score (nSPS) is 19.1. The maximum absolute atomic E-state index is 13.1. The van der Waals surface area contributed by atoms with Crippen molar-refractivity contribution in [3.63, 3.8) is 0 Å². The summed E-state index contributed by atoms with van der Waals surface area (Å²) in [7, 11) is 0. The monoisotopic (exact) mass is 1020 g/mol. The summed E-state index contributed by atoms with van der Waals surface area (Å²) in [5.41, 5.74) is 0. The molecule has 0 aromatic carbocycles. The summed E-state index contributed by atoms with van der Waals surface area (Å²) in [6, 6.07) is -0.718. The molecule has 1 fully saturated rings. The zero-order valence-corrected chi connectivity index (χ0v) is 47.7. The summed E-state index contributed by atoms with van der Waals surface area (Å²) in [6.45, 7) is 3.88. The van der Waals surface area contributed by atoms with Gasteiger partial charge in [0.15, 0.2) is 6.29 Å². The number of rotatable bonds is 56. The van der Waals surface area contributed by atoms with Crippen molar-refractivity contribution in [3.8, 4) is 0 Å². The average molecular weight is 1020 g/mol. The smallest absolute Gasteiger partial charge is 0.220 e. The van der Waals surface area contributed by atoms with Crippen molar-refractivity contribution in [1.82, 2.24) is 5.32 Å². The van der Waals surface area contributed by atoms with Gasteiger partial charge in [-0.05, 0) is 38.5 Å². The lowest BCUT2D eigenvalue weighted by Crippen LogP contribution is -2.60. The molecule has 0 aromatic rings. The van der Waals surface area contributed by atoms with Gasteiger partial charge in [-0.3, -0.25) is 4.79 Å². The van der Waals surface area contributed by atoms with Crippen molar-refractivity contribution in [3.05, 3.63) is 12.2 Å². The highest BCUT2D eigenvalue weighted by Gasteiger charge is 2.44. The van der Waals surface area contributed by atoms with Crippen molar-refractivity contribution < 1.29 is 39.8 Å². The van der Waals surface area contributed by atoms with E-state index in [2.05, 4.69) is 31.3 Å². The molecule has 1 amide bonds. The van der Waals surface area contributed by atoms with E-state index in [4.69, 9.17) is 9.47 Å². The lowest BCUT2D eigenvalue weighted by Gasteiger charge is -2.40. The van der Waals surface area contributed by atoms with E-state index in [0.29, 0.717) is 12.8 Å². The Morgan fingerprint density at radius 3 is 1.12 bits per heavy atom. The molecule has 1 aliphatic heterocycles. The first-order valence-corrected chi connectivity index (χ1v) is 31.9. The quantitative estimate of drug-likeness (QED) is 0.0261. The Balaban J connectivity index is 2.13. The van der Waals surface area contributed by atoms with Gasteiger partial charge >= 0.3 is 0 Å². The van der Waals surface area contributed by atoms with Crippen LogP contribution in [0, 0.1) is 0 Å². The van der Waals surface area contributed by atoms with Crippen molar-refractivity contribution in [2.24, 2.45) is 0 Å². The zero-order chi connectivity index (χ0) is 52.2. The lowest BCUT2D eigenvalue weighted by atomic mass is 9.99. The summed E-state index contributed by atoms with van der Waals surface area (Å²) >= 11 is 0. The van der Waals surface area contributed by atoms with Crippen LogP contribution in [0.5, 0.6) is 0 Å². The molecule has 1 rings (SSSR count). The number of aliphatic hydroxyl groups excluding tert-OH is 5. The van der Waals surface area contributed by atoms with Gasteiger partial charge in [-0.25, -0.2) is 0 Å². The Kier molecular flexibility index (Phi) is 51.1. The predicted octanol–water partition coefficient (Wildman–Crippen LogP) is 16.4. The Morgan fingerprint density at radius 1 is 0.458 bits per heavy atom. The number of hydrogen-bond donors (Lipinski definition) is 6. The van der Waals surface area contributed by atoms with Gasteiger partial charge in [0, 0.05) is 6.42 Å². The minimum absolute atomic E-state index is 0.134. The maximum Gasteiger partial charge on any atom is 0.220 e. The van der Waals surface area contributed by atoms with E-state index in [9.17, 15) is 30.3 Å². The molecule has 0 saturated carbocycles. The molecule has 0 spiro atoms. The number of nitrogens with one attached hydrogen (secondary N) is 1. The third-order valence-corrected chi connectivity index (χ3v) is 15.6. The van der Waals surface area contributed by atoms with E-state index in [1.807, 2.05) is 0 Å². The number of carbonyl (C=O) groups is 1. The predicted molar refractivity (Wildman–Crippen MR) is 304 cm³/mol. The van der Waals surface area contributed by atoms with Crippen molar-refractivity contribution >= 4 is 5.91 Å². The lowest BCUT2D eigenvalue weighted by molar-refractivity contribution is -0.302. The van der Waals surface area contributed by atoms with Gasteiger partial charge in [0.2, 0.25) is 5.91 Å². The molecule has 9 nitrogen and oxygen atoms in total. The second-order valence-electron chi connectivity index (χ2n) is 22.6. The fraction of sp³-hybridized carbons (Fsp3) is 0.952. The van der Waals surface area contributed by atoms with E-state index >= 15 is 0 Å². The SMILES string of the molecule is CCCCCCCC/C=C\CCCCCCCCCCCC(=O)NC(COC1OC(CO)C(O)C(O)C1O)C(O)CCCCCCCCCCCCCCCCCCCCCCCCCCCCCCCC. The summed E-state index contributed by atoms with van der Waals surface area (Å²) in [5.74, 6) is -0.141. The van der Waals surface area contributed by atoms with Crippen molar-refractivity contribution in [2.45, 2.75) is 371 Å². The van der Waals surface area contributed by atoms with Crippen LogP contribution in [0.3, 0.4) is 0 Å². The number of aliphatic hydroxyl groups is 5. The first-order valence-electron chi connectivity index (χ1n) is 31.9. The summed E-state index contributed by atoms with van der Waals surface area (Å²) in [5, 5.41) is 54.8. The standard InChI is InChI=1S/C63H123NO8/c1-3-5-7-9-11-13-15-17-19-21-23-24-25-26-27-28-29-30-31-32-33-35-36-38-40-42-44-46-48-50-52-57(66)56(55-71-63-62(70)61(69)60(68)58(54-65)72-63)64-59(67)53-51-49-47-45-43-41-39-37-34-22-20-18-16-14-12-10-8-6-4-2/h18,20,56-58,60-63,65-66,68-70H,3-17,19,21-55H2,1-2H3,(H,64,67)/b20-18-. The van der Waals surface area contributed by atoms with Crippen LogP contribution in [0.15, 0.2) is 12.2 Å². The van der Waals surface area contributed by atoms with Gasteiger partial charge in [-0.15, -0.1) is 0 Å². The van der Waals surface area contributed by atoms with Crippen LogP contribution in [-0.2, 0) is 14.3 Å². The average Bonchev–Trinajstić information content (AvgIpc) is 3.38. The molecule has 7 unspecified atom stereocenters. The summed E-state index contributed by atoms with van der Waals surface area (Å²) < 4.78 is 11.3. The van der Waals surface area contributed by atoms with Gasteiger partial charge in [-0.1, -0.05) is 296 Å². The van der Waals surface area contributed by atoms with Crippen LogP contribution in [-0.4, -0.2) is 87.5 Å². The minimum atomic E-state index is -1.55. The highest BCUT2D eigenvalue weighted by molar-refractivity contribution is 5.76. The largest absolute Gasteiger partial charge is 0.394 e. The fourth-order valence-corrected chi connectivity index (χ4v) is 10.6. The molecule has 6 N–H and O–H groups in total. The van der Waals surface area contributed by atoms with Crippen LogP contribution in [0.25, 0.3) is 0 Å². The zero-order valence-electron chi connectivity index (χ0n) is 47.7. The number of allylic oxidation sites excluding steroid dienone is 2. The summed E-state index contributed by atoms with van der Waals surface area (Å²) in [6.07, 6.45) is 59.8. The molecular formula is C63H123NO8. The highest BCUT2D eigenvalue weighted by Crippen LogP contribution is 2.24. The van der Waals surface area contributed by atoms with Crippen molar-refractivity contribution in [2.75, 3.05) is 13.2 Å². The molecule has 0 aliphatic carbocycles. The first kappa shape index (κ1) is 68.9. The van der Waals surface area contributed by atoms with Gasteiger partial charge in [0.1, 0.15) is 24.4 Å². The van der Waals surface area contributed by atoms with Gasteiger partial charge in [-0.2, -0.15) is 0 Å². The molecule has 0 bridgehead atoms. The van der Waals surface area contributed by atoms with Crippen LogP contribution < -0.4 is 5.32 Å². The van der Waals surface area contributed by atoms with Crippen LogP contribution >= 0.6 is 0 Å². The molecule has 1 aliphatic rings. The Bertz CT molecular complexity index is 1140. The number of ether oxygens (including phenoxy) is 2. The first-order chi connectivity index (χ1) is 35.3. The molecule has 0 aromatic heterocycles. The van der Waals surface area contributed by atoms with E-state index in [0.717, 1.165) is 38.5 Å². The maximum atomic E-state index is 13.1. The minimum Gasteiger partial charge on any atom is -0.394 e. The number of unbranched alkanes of at least 4 members (excludes halogenated alkanes) is 44. The van der Waals surface area contributed by atoms with Gasteiger partial charge in [0.25, 0.3) is 0 Å². The topological polar surface area (TPSA) is 149 Å². The Hall–Kier alpha value is -1.07. The second kappa shape index (κ2) is 53.3. The van der Waals surface area contributed by atoms with Crippen molar-refractivity contribution in [1.29, 1.82) is 0 Å². The fourth-order valence-electron chi connectivity index (χ4n) is 10.6. The van der Waals surface area contributed by atoms with E-state index in [1.165, 1.54) is 263 Å². The Morgan fingerprint density at radius 2 is 0.778 bits per heavy atom. The van der Waals surface area contributed by atoms with Gasteiger partial charge < -0.3 is 40.3 Å². The van der Waals surface area contributed by atoms with E-state index in [1.54, 1.807) is 0 Å². The molecular weight excluding hydrogens is 899 g/mol. The van der Waals surface area contributed by atoms with Crippen LogP contribution in [0.1, 0.15) is 328 Å². The van der Waals surface area contributed by atoms with Crippen LogP contribution in [0.2, 0.25) is 0 Å². The molecule has 72 heavy (non-hydrogen) atoms. The molecule has 1 heterocycles. The van der Waals surface area contributed by atoms with Gasteiger partial charge in [0.05, 0.1) is 25.4 Å². The molecule has 1 saturated heterocycles.